The third-order valence-electron chi connectivity index (χ3n) is 7.23. The summed E-state index contributed by atoms with van der Waals surface area (Å²) in [5.74, 6) is -7.01. The summed E-state index contributed by atoms with van der Waals surface area (Å²) in [5, 5.41) is 0. The van der Waals surface area contributed by atoms with Crippen molar-refractivity contribution in [2.24, 2.45) is 11.1 Å². The first-order chi connectivity index (χ1) is 16.6. The highest BCUT2D eigenvalue weighted by atomic mass is 19.3. The molecule has 1 aromatic carbocycles. The van der Waals surface area contributed by atoms with E-state index in [2.05, 4.69) is 15.0 Å². The summed E-state index contributed by atoms with van der Waals surface area (Å²) >= 11 is 0. The van der Waals surface area contributed by atoms with Crippen LogP contribution in [0.25, 0.3) is 0 Å². The van der Waals surface area contributed by atoms with Crippen molar-refractivity contribution in [1.82, 2.24) is 15.0 Å². The highest BCUT2D eigenvalue weighted by Gasteiger charge is 2.75. The molecule has 3 atom stereocenters. The standard InChI is InChI=1S/C24H20F4N4O3/c25-14-2-3-17(16(26)7-14)35-20-11-30-18(10-32-20)23(21(29)34)12-22(23)5-6-24(27,28)15(8-22)13-1-4-19(33)31-9-13/h1-4,7,9-11,15H,5-6,8,12H2,(H2,29,34)(H,31,33). The average molecular weight is 488 g/mol. The number of amides is 1. The van der Waals surface area contributed by atoms with E-state index in [4.69, 9.17) is 10.5 Å². The van der Waals surface area contributed by atoms with Crippen LogP contribution < -0.4 is 16.0 Å². The molecule has 11 heteroatoms. The lowest BCUT2D eigenvalue weighted by Gasteiger charge is -2.38. The fraction of sp³-hybridized carbons (Fsp3) is 0.333. The Balaban J connectivity index is 1.43. The minimum atomic E-state index is -3.03. The molecule has 0 radical (unpaired) electrons. The molecule has 2 fully saturated rings. The van der Waals surface area contributed by atoms with Crippen LogP contribution in [0.15, 0.2) is 53.7 Å². The van der Waals surface area contributed by atoms with E-state index in [1.54, 1.807) is 0 Å². The molecule has 2 saturated carbocycles. The second-order valence-electron chi connectivity index (χ2n) is 9.15. The van der Waals surface area contributed by atoms with Gasteiger partial charge in [-0.3, -0.25) is 14.6 Å². The van der Waals surface area contributed by atoms with Crippen molar-refractivity contribution >= 4 is 5.91 Å². The Hall–Kier alpha value is -3.76. The number of carbonyl (C=O) groups excluding carboxylic acids is 1. The zero-order valence-electron chi connectivity index (χ0n) is 18.2. The molecule has 2 aliphatic carbocycles. The van der Waals surface area contributed by atoms with Gasteiger partial charge in [-0.15, -0.1) is 0 Å². The lowest BCUT2D eigenvalue weighted by atomic mass is 9.69. The van der Waals surface area contributed by atoms with E-state index in [-0.39, 0.29) is 42.1 Å². The van der Waals surface area contributed by atoms with Gasteiger partial charge in [-0.1, -0.05) is 6.07 Å². The molecule has 2 aliphatic rings. The molecule has 0 aliphatic heterocycles. The lowest BCUT2D eigenvalue weighted by molar-refractivity contribution is -0.123. The summed E-state index contributed by atoms with van der Waals surface area (Å²) in [6.07, 6.45) is 3.51. The molecule has 182 valence electrons. The van der Waals surface area contributed by atoms with Crippen LogP contribution in [0.2, 0.25) is 0 Å². The Morgan fingerprint density at radius 1 is 1.11 bits per heavy atom. The third-order valence-corrected chi connectivity index (χ3v) is 7.23. The number of aromatic amines is 1. The number of rotatable bonds is 5. The fourth-order valence-electron chi connectivity index (χ4n) is 5.33. The summed E-state index contributed by atoms with van der Waals surface area (Å²) in [7, 11) is 0. The quantitative estimate of drug-likeness (QED) is 0.529. The average Bonchev–Trinajstić information content (AvgIpc) is 3.48. The monoisotopic (exact) mass is 488 g/mol. The number of alkyl halides is 2. The van der Waals surface area contributed by atoms with Gasteiger partial charge < -0.3 is 15.5 Å². The number of hydrogen-bond donors (Lipinski definition) is 2. The topological polar surface area (TPSA) is 111 Å². The second-order valence-corrected chi connectivity index (χ2v) is 9.15. The number of benzene rings is 1. The molecule has 7 nitrogen and oxygen atoms in total. The first kappa shape index (κ1) is 23.0. The zero-order valence-corrected chi connectivity index (χ0v) is 18.2. The van der Waals surface area contributed by atoms with Crippen LogP contribution in [0, 0.1) is 17.0 Å². The predicted molar refractivity (Wildman–Crippen MR) is 115 cm³/mol. The number of halogens is 4. The minimum Gasteiger partial charge on any atom is -0.434 e. The Morgan fingerprint density at radius 3 is 2.54 bits per heavy atom. The summed E-state index contributed by atoms with van der Waals surface area (Å²) < 4.78 is 62.1. The predicted octanol–water partition coefficient (Wildman–Crippen LogP) is 3.95. The van der Waals surface area contributed by atoms with Crippen LogP contribution in [0.1, 0.15) is 42.9 Å². The molecule has 3 aromatic rings. The van der Waals surface area contributed by atoms with Gasteiger partial charge >= 0.3 is 0 Å². The number of pyridine rings is 1. The fourth-order valence-corrected chi connectivity index (χ4v) is 5.33. The largest absolute Gasteiger partial charge is 0.434 e. The summed E-state index contributed by atoms with van der Waals surface area (Å²) in [6.45, 7) is 0. The van der Waals surface area contributed by atoms with E-state index in [1.165, 1.54) is 30.7 Å². The van der Waals surface area contributed by atoms with Gasteiger partial charge in [0.1, 0.15) is 5.82 Å². The molecule has 0 bridgehead atoms. The first-order valence-electron chi connectivity index (χ1n) is 10.9. The first-order valence-corrected chi connectivity index (χ1v) is 10.9. The van der Waals surface area contributed by atoms with Crippen molar-refractivity contribution in [3.63, 3.8) is 0 Å². The number of hydrogen-bond acceptors (Lipinski definition) is 5. The van der Waals surface area contributed by atoms with Gasteiger partial charge in [0, 0.05) is 30.7 Å². The molecule has 1 spiro atoms. The Bertz CT molecular complexity index is 1340. The van der Waals surface area contributed by atoms with Crippen molar-refractivity contribution in [2.45, 2.75) is 42.9 Å². The highest BCUT2D eigenvalue weighted by Crippen LogP contribution is 2.73. The molecule has 5 rings (SSSR count). The van der Waals surface area contributed by atoms with E-state index < -0.39 is 52.2 Å². The van der Waals surface area contributed by atoms with Crippen LogP contribution in [0.5, 0.6) is 11.6 Å². The SMILES string of the molecule is NC(=O)C1(c2cnc(Oc3ccc(F)cc3F)cn2)CC12CCC(F)(F)C(c1ccc(=O)[nH]c1)C2. The molecule has 3 N–H and O–H groups in total. The Morgan fingerprint density at radius 2 is 1.91 bits per heavy atom. The smallest absolute Gasteiger partial charge is 0.255 e. The number of H-pyrrole nitrogens is 1. The maximum absolute atomic E-state index is 14.9. The van der Waals surface area contributed by atoms with Gasteiger partial charge in [0.05, 0.1) is 23.5 Å². The summed E-state index contributed by atoms with van der Waals surface area (Å²) in [6, 6.07) is 5.33. The number of nitrogens with one attached hydrogen (secondary N) is 1. The maximum Gasteiger partial charge on any atom is 0.255 e. The van der Waals surface area contributed by atoms with E-state index in [0.29, 0.717) is 6.07 Å². The van der Waals surface area contributed by atoms with Gasteiger partial charge in [-0.05, 0) is 42.4 Å². The zero-order chi connectivity index (χ0) is 25.0. The van der Waals surface area contributed by atoms with Crippen LogP contribution in [0.4, 0.5) is 17.6 Å². The Labute approximate surface area is 196 Å². The van der Waals surface area contributed by atoms with Gasteiger partial charge in [0.2, 0.25) is 17.3 Å². The van der Waals surface area contributed by atoms with Crippen molar-refractivity contribution in [3.05, 3.63) is 82.2 Å². The van der Waals surface area contributed by atoms with Crippen LogP contribution in [0.3, 0.4) is 0 Å². The summed E-state index contributed by atoms with van der Waals surface area (Å²) in [4.78, 5) is 34.8. The maximum atomic E-state index is 14.9. The number of primary amides is 1. The normalized spacial score (nSPS) is 26.9. The van der Waals surface area contributed by atoms with Crippen molar-refractivity contribution < 1.29 is 27.1 Å². The molecule has 0 saturated heterocycles. The van der Waals surface area contributed by atoms with Crippen LogP contribution >= 0.6 is 0 Å². The molecular weight excluding hydrogens is 468 g/mol. The van der Waals surface area contributed by atoms with Crippen molar-refractivity contribution in [1.29, 1.82) is 0 Å². The minimum absolute atomic E-state index is 0.0320. The molecule has 3 unspecified atom stereocenters. The molecule has 1 amide bonds. The van der Waals surface area contributed by atoms with Gasteiger partial charge in [-0.2, -0.15) is 0 Å². The van der Waals surface area contributed by atoms with E-state index >= 15 is 0 Å². The van der Waals surface area contributed by atoms with Gasteiger partial charge in [-0.25, -0.2) is 22.5 Å². The molecule has 2 aromatic heterocycles. The second kappa shape index (κ2) is 7.89. The number of aromatic nitrogens is 3. The van der Waals surface area contributed by atoms with E-state index in [0.717, 1.165) is 12.1 Å². The Kier molecular flexibility index (Phi) is 5.19. The van der Waals surface area contributed by atoms with Crippen LogP contribution in [-0.4, -0.2) is 26.8 Å². The number of nitrogens with two attached hydrogens (primary N) is 1. The number of carbonyl (C=O) groups is 1. The van der Waals surface area contributed by atoms with E-state index in [9.17, 15) is 27.2 Å². The molecule has 35 heavy (non-hydrogen) atoms. The molecule has 2 heterocycles. The third kappa shape index (κ3) is 3.75. The van der Waals surface area contributed by atoms with E-state index in [1.807, 2.05) is 0 Å². The van der Waals surface area contributed by atoms with Crippen molar-refractivity contribution in [3.8, 4) is 11.6 Å². The molecular formula is C24H20F4N4O3. The summed E-state index contributed by atoms with van der Waals surface area (Å²) in [5.41, 5.74) is 3.72. The van der Waals surface area contributed by atoms with Crippen LogP contribution in [-0.2, 0) is 10.2 Å². The van der Waals surface area contributed by atoms with Gasteiger partial charge in [0.15, 0.2) is 11.6 Å². The van der Waals surface area contributed by atoms with Crippen molar-refractivity contribution in [2.75, 3.05) is 0 Å². The number of nitrogens with zero attached hydrogens (tertiary/aromatic N) is 2. The lowest BCUT2D eigenvalue weighted by Crippen LogP contribution is -2.41. The highest BCUT2D eigenvalue weighted by molar-refractivity contribution is 5.91. The van der Waals surface area contributed by atoms with Gasteiger partial charge in [0.25, 0.3) is 5.92 Å². The number of ether oxygens (including phenoxy) is 1.